The normalized spacial score (nSPS) is 31.4. The van der Waals surface area contributed by atoms with Crippen LogP contribution in [0.5, 0.6) is 0 Å². The first-order valence-corrected chi connectivity index (χ1v) is 16.7. The van der Waals surface area contributed by atoms with Crippen LogP contribution in [0.15, 0.2) is 12.3 Å². The maximum absolute atomic E-state index is 6.29. The van der Waals surface area contributed by atoms with Gasteiger partial charge < -0.3 is 0 Å². The maximum atomic E-state index is 6.29. The summed E-state index contributed by atoms with van der Waals surface area (Å²) in [5.74, 6) is -1.88. The van der Waals surface area contributed by atoms with E-state index < -0.39 is 20.1 Å². The molecule has 0 bridgehead atoms. The number of rotatable bonds is 1. The van der Waals surface area contributed by atoms with Gasteiger partial charge in [0.1, 0.15) is 0 Å². The standard InChI is InChI=1S/C27H50O6Si/c1-3-34(2)32-30-26(22-18-14-10-6-4-7-11-15-19-23-26)28-29-27(31-33-34)24-20-16-12-8-5-9-13-17-21-25-27/h3H,1,4-25H2,2H3. The maximum Gasteiger partial charge on any atom is 0.429 e. The fourth-order valence-corrected chi connectivity index (χ4v) is 6.01. The molecule has 0 atom stereocenters. The third-order valence-corrected chi connectivity index (χ3v) is 9.24. The van der Waals surface area contributed by atoms with Crippen molar-refractivity contribution in [3.63, 3.8) is 0 Å². The van der Waals surface area contributed by atoms with Gasteiger partial charge in [-0.3, -0.25) is 0 Å². The predicted octanol–water partition coefficient (Wildman–Crippen LogP) is 8.64. The van der Waals surface area contributed by atoms with E-state index in [2.05, 4.69) is 6.58 Å². The van der Waals surface area contributed by atoms with Crippen LogP contribution in [-0.4, -0.2) is 20.1 Å². The van der Waals surface area contributed by atoms with Gasteiger partial charge in [0.15, 0.2) is 0 Å². The van der Waals surface area contributed by atoms with Gasteiger partial charge in [0.05, 0.1) is 0 Å². The molecule has 2 saturated carbocycles. The van der Waals surface area contributed by atoms with Crippen molar-refractivity contribution >= 4 is 8.56 Å². The second-order valence-electron chi connectivity index (χ2n) is 10.9. The minimum Gasteiger partial charge on any atom is -0.241 e. The Morgan fingerprint density at radius 3 is 1.00 bits per heavy atom. The van der Waals surface area contributed by atoms with Crippen LogP contribution in [-0.2, 0) is 28.7 Å². The quantitative estimate of drug-likeness (QED) is 0.266. The molecule has 3 aliphatic rings. The summed E-state index contributed by atoms with van der Waals surface area (Å²) in [5.41, 5.74) is 1.71. The predicted molar refractivity (Wildman–Crippen MR) is 135 cm³/mol. The van der Waals surface area contributed by atoms with Crippen molar-refractivity contribution in [2.24, 2.45) is 0 Å². The van der Waals surface area contributed by atoms with E-state index in [1.807, 2.05) is 6.55 Å². The van der Waals surface area contributed by atoms with Crippen molar-refractivity contribution in [1.82, 2.24) is 0 Å². The summed E-state index contributed by atoms with van der Waals surface area (Å²) in [6.07, 6.45) is 24.7. The van der Waals surface area contributed by atoms with Crippen LogP contribution in [0.4, 0.5) is 0 Å². The van der Waals surface area contributed by atoms with Gasteiger partial charge in [-0.05, 0) is 37.9 Å². The molecule has 0 amide bonds. The second kappa shape index (κ2) is 15.1. The average Bonchev–Trinajstić information content (AvgIpc) is 2.89. The van der Waals surface area contributed by atoms with Crippen LogP contribution in [0.3, 0.4) is 0 Å². The van der Waals surface area contributed by atoms with Crippen molar-refractivity contribution in [2.45, 2.75) is 159 Å². The molecule has 3 fully saturated rings. The van der Waals surface area contributed by atoms with Crippen molar-refractivity contribution < 1.29 is 28.7 Å². The highest BCUT2D eigenvalue weighted by Gasteiger charge is 2.47. The molecule has 1 heterocycles. The Morgan fingerprint density at radius 2 is 0.735 bits per heavy atom. The summed E-state index contributed by atoms with van der Waals surface area (Å²) in [6.45, 7) is 5.86. The first-order chi connectivity index (χ1) is 16.6. The zero-order chi connectivity index (χ0) is 24.0. The second-order valence-corrected chi connectivity index (χ2v) is 13.7. The van der Waals surface area contributed by atoms with Crippen molar-refractivity contribution in [3.05, 3.63) is 12.3 Å². The molecule has 3 rings (SSSR count). The molecular weight excluding hydrogens is 448 g/mol. The van der Waals surface area contributed by atoms with Crippen LogP contribution >= 0.6 is 0 Å². The fourth-order valence-electron chi connectivity index (χ4n) is 5.21. The molecule has 1 saturated heterocycles. The summed E-state index contributed by atoms with van der Waals surface area (Å²) in [4.78, 5) is 24.8. The van der Waals surface area contributed by atoms with Gasteiger partial charge in [0.2, 0.25) is 11.6 Å². The third-order valence-electron chi connectivity index (χ3n) is 7.66. The summed E-state index contributed by atoms with van der Waals surface area (Å²) in [6, 6.07) is 0. The molecule has 0 aromatic carbocycles. The Morgan fingerprint density at radius 1 is 0.471 bits per heavy atom. The summed E-state index contributed by atoms with van der Waals surface area (Å²) < 4.78 is 11.9. The molecule has 34 heavy (non-hydrogen) atoms. The van der Waals surface area contributed by atoms with E-state index in [1.165, 1.54) is 89.9 Å². The molecule has 198 valence electrons. The Balaban J connectivity index is 1.79. The Kier molecular flexibility index (Phi) is 12.5. The van der Waals surface area contributed by atoms with E-state index in [4.69, 9.17) is 28.7 Å². The van der Waals surface area contributed by atoms with Crippen molar-refractivity contribution in [1.29, 1.82) is 0 Å². The van der Waals surface area contributed by atoms with Crippen molar-refractivity contribution in [3.8, 4) is 0 Å². The molecule has 7 heteroatoms. The molecule has 0 aromatic heterocycles. The van der Waals surface area contributed by atoms with Gasteiger partial charge in [-0.15, -0.1) is 6.58 Å². The number of hydrogen-bond donors (Lipinski definition) is 0. The highest BCUT2D eigenvalue weighted by molar-refractivity contribution is 6.70. The first-order valence-electron chi connectivity index (χ1n) is 14.3. The topological polar surface area (TPSA) is 55.4 Å². The average molecular weight is 499 g/mol. The monoisotopic (exact) mass is 498 g/mol. The largest absolute Gasteiger partial charge is 0.429 e. The van der Waals surface area contributed by atoms with Gasteiger partial charge in [0.25, 0.3) is 0 Å². The fraction of sp³-hybridized carbons (Fsp3) is 0.926. The molecule has 0 radical (unpaired) electrons. The SMILES string of the molecule is C=C[Si]1(C)OOC2(CCCCCCCCCCC2)OOC2(CCCCCCCCCCC2)OO1. The Labute approximate surface area is 209 Å². The highest BCUT2D eigenvalue weighted by atomic mass is 28.4. The van der Waals surface area contributed by atoms with Crippen molar-refractivity contribution in [2.75, 3.05) is 0 Å². The Bertz CT molecular complexity index is 505. The summed E-state index contributed by atoms with van der Waals surface area (Å²) >= 11 is 0. The lowest BCUT2D eigenvalue weighted by Crippen LogP contribution is -2.42. The van der Waals surface area contributed by atoms with Crippen LogP contribution < -0.4 is 0 Å². The molecule has 0 N–H and O–H groups in total. The molecule has 2 aliphatic carbocycles. The number of hydrogen-bond acceptors (Lipinski definition) is 6. The van der Waals surface area contributed by atoms with Gasteiger partial charge in [-0.25, -0.2) is 18.9 Å². The van der Waals surface area contributed by atoms with E-state index in [1.54, 1.807) is 5.70 Å². The summed E-state index contributed by atoms with van der Waals surface area (Å²) in [7, 11) is -2.93. The van der Waals surface area contributed by atoms with E-state index in [-0.39, 0.29) is 0 Å². The van der Waals surface area contributed by atoms with E-state index in [0.29, 0.717) is 0 Å². The lowest BCUT2D eigenvalue weighted by atomic mass is 9.97. The Hall–Kier alpha value is -0.283. The van der Waals surface area contributed by atoms with E-state index in [0.717, 1.165) is 51.4 Å². The van der Waals surface area contributed by atoms with Crippen LogP contribution in [0.25, 0.3) is 0 Å². The first kappa shape index (κ1) is 28.3. The van der Waals surface area contributed by atoms with Gasteiger partial charge in [-0.1, -0.05) is 89.9 Å². The highest BCUT2D eigenvalue weighted by Crippen LogP contribution is 2.38. The molecule has 2 spiro atoms. The minimum absolute atomic E-state index is 0.741. The zero-order valence-corrected chi connectivity index (χ0v) is 22.8. The molecule has 6 nitrogen and oxygen atoms in total. The molecule has 0 unspecified atom stereocenters. The van der Waals surface area contributed by atoms with E-state index >= 15 is 0 Å². The molecule has 0 aromatic rings. The lowest BCUT2D eigenvalue weighted by Gasteiger charge is -2.35. The van der Waals surface area contributed by atoms with Gasteiger partial charge >= 0.3 is 8.56 Å². The van der Waals surface area contributed by atoms with Crippen LogP contribution in [0.1, 0.15) is 141 Å². The van der Waals surface area contributed by atoms with Crippen LogP contribution in [0, 0.1) is 0 Å². The van der Waals surface area contributed by atoms with Crippen LogP contribution in [0.2, 0.25) is 6.55 Å². The molecule has 1 aliphatic heterocycles. The smallest absolute Gasteiger partial charge is 0.241 e. The summed E-state index contributed by atoms with van der Waals surface area (Å²) in [5, 5.41) is 0. The minimum atomic E-state index is -2.93. The third kappa shape index (κ3) is 9.64. The zero-order valence-electron chi connectivity index (χ0n) is 21.8. The van der Waals surface area contributed by atoms with Gasteiger partial charge in [0, 0.05) is 25.7 Å². The lowest BCUT2D eigenvalue weighted by molar-refractivity contribution is -0.552. The molecular formula is C27H50O6Si. The van der Waals surface area contributed by atoms with Gasteiger partial charge in [-0.2, -0.15) is 9.78 Å². The van der Waals surface area contributed by atoms with E-state index in [9.17, 15) is 0 Å².